The second-order valence-corrected chi connectivity index (χ2v) is 5.16. The summed E-state index contributed by atoms with van der Waals surface area (Å²) in [6, 6.07) is 4.50. The van der Waals surface area contributed by atoms with Gasteiger partial charge in [0.2, 0.25) is 0 Å². The third-order valence-electron chi connectivity index (χ3n) is 2.62. The van der Waals surface area contributed by atoms with Crippen molar-refractivity contribution in [2.75, 3.05) is 18.5 Å². The van der Waals surface area contributed by atoms with E-state index < -0.39 is 0 Å². The smallest absolute Gasteiger partial charge is 0.0936 e. The zero-order chi connectivity index (χ0) is 11.4. The number of aryl methyl sites for hydroxylation is 1. The summed E-state index contributed by atoms with van der Waals surface area (Å²) in [5, 5.41) is 12.4. The van der Waals surface area contributed by atoms with Crippen LogP contribution in [0.5, 0.6) is 0 Å². The minimum absolute atomic E-state index is 0.108. The van der Waals surface area contributed by atoms with Gasteiger partial charge in [-0.15, -0.1) is 11.3 Å². The van der Waals surface area contributed by atoms with Gasteiger partial charge in [0.1, 0.15) is 0 Å². The summed E-state index contributed by atoms with van der Waals surface area (Å²) in [6.45, 7) is 7.13. The molecule has 1 rings (SSSR count). The van der Waals surface area contributed by atoms with Gasteiger partial charge in [-0.2, -0.15) is 5.26 Å². The highest BCUT2D eigenvalue weighted by Crippen LogP contribution is 2.27. The van der Waals surface area contributed by atoms with Crippen LogP contribution in [0.3, 0.4) is 0 Å². The topological polar surface area (TPSA) is 27.0 Å². The van der Waals surface area contributed by atoms with Crippen LogP contribution in [0.1, 0.15) is 19.4 Å². The zero-order valence-electron chi connectivity index (χ0n) is 9.82. The molecule has 0 N–H and O–H groups in total. The first-order chi connectivity index (χ1) is 7.06. The van der Waals surface area contributed by atoms with E-state index in [2.05, 4.69) is 50.2 Å². The Bertz CT molecular complexity index is 349. The number of hydrogen-bond donors (Lipinski definition) is 0. The summed E-state index contributed by atoms with van der Waals surface area (Å²) in [5.74, 6) is 0.522. The van der Waals surface area contributed by atoms with Crippen LogP contribution in [0.25, 0.3) is 0 Å². The van der Waals surface area contributed by atoms with Crippen molar-refractivity contribution in [2.24, 2.45) is 11.8 Å². The quantitative estimate of drug-likeness (QED) is 0.781. The Morgan fingerprint density at radius 2 is 2.20 bits per heavy atom. The van der Waals surface area contributed by atoms with Crippen LogP contribution in [0.4, 0.5) is 5.00 Å². The van der Waals surface area contributed by atoms with E-state index in [-0.39, 0.29) is 5.92 Å². The molecule has 0 aliphatic heterocycles. The van der Waals surface area contributed by atoms with Crippen LogP contribution in [0.2, 0.25) is 0 Å². The average Bonchev–Trinajstić information content (AvgIpc) is 2.60. The lowest BCUT2D eigenvalue weighted by Gasteiger charge is -2.23. The van der Waals surface area contributed by atoms with Crippen molar-refractivity contribution in [3.8, 4) is 6.07 Å². The second-order valence-electron chi connectivity index (χ2n) is 4.27. The highest BCUT2D eigenvalue weighted by molar-refractivity contribution is 7.14. The molecule has 2 nitrogen and oxygen atoms in total. The SMILES string of the molecule is Cc1ccsc1N(C)CC(C#N)C(C)C. The van der Waals surface area contributed by atoms with Gasteiger partial charge < -0.3 is 4.90 Å². The molecule has 0 aromatic carbocycles. The van der Waals surface area contributed by atoms with Crippen molar-refractivity contribution < 1.29 is 0 Å². The Balaban J connectivity index is 2.67. The number of nitrogens with zero attached hydrogens (tertiary/aromatic N) is 2. The normalized spacial score (nSPS) is 12.5. The maximum Gasteiger partial charge on any atom is 0.0936 e. The maximum atomic E-state index is 9.04. The fraction of sp³-hybridized carbons (Fsp3) is 0.583. The van der Waals surface area contributed by atoms with Crippen molar-refractivity contribution in [2.45, 2.75) is 20.8 Å². The Labute approximate surface area is 96.1 Å². The molecule has 1 atom stereocenters. The van der Waals surface area contributed by atoms with E-state index in [1.54, 1.807) is 11.3 Å². The molecule has 0 bridgehead atoms. The third kappa shape index (κ3) is 2.97. The van der Waals surface area contributed by atoms with Gasteiger partial charge in [-0.3, -0.25) is 0 Å². The van der Waals surface area contributed by atoms with Crippen LogP contribution in [-0.4, -0.2) is 13.6 Å². The maximum absolute atomic E-state index is 9.04. The van der Waals surface area contributed by atoms with Crippen LogP contribution in [0, 0.1) is 30.1 Å². The predicted molar refractivity (Wildman–Crippen MR) is 66.3 cm³/mol. The molecule has 0 radical (unpaired) electrons. The molecule has 3 heteroatoms. The lowest BCUT2D eigenvalue weighted by atomic mass is 9.97. The van der Waals surface area contributed by atoms with Gasteiger partial charge in [-0.25, -0.2) is 0 Å². The van der Waals surface area contributed by atoms with Gasteiger partial charge in [0.15, 0.2) is 0 Å². The molecule has 1 aromatic heterocycles. The Morgan fingerprint density at radius 3 is 2.60 bits per heavy atom. The van der Waals surface area contributed by atoms with Crippen molar-refractivity contribution in [3.63, 3.8) is 0 Å². The van der Waals surface area contributed by atoms with E-state index in [0.29, 0.717) is 5.92 Å². The Kier molecular flexibility index (Phi) is 4.16. The molecule has 82 valence electrons. The molecule has 1 aromatic rings. The van der Waals surface area contributed by atoms with Crippen molar-refractivity contribution in [3.05, 3.63) is 17.0 Å². The monoisotopic (exact) mass is 222 g/mol. The summed E-state index contributed by atoms with van der Waals surface area (Å²) in [5.41, 5.74) is 1.29. The van der Waals surface area contributed by atoms with E-state index >= 15 is 0 Å². The molecule has 0 aliphatic carbocycles. The van der Waals surface area contributed by atoms with Crippen LogP contribution < -0.4 is 4.90 Å². The van der Waals surface area contributed by atoms with Crippen LogP contribution >= 0.6 is 11.3 Å². The number of nitriles is 1. The van der Waals surface area contributed by atoms with E-state index in [1.165, 1.54) is 10.6 Å². The van der Waals surface area contributed by atoms with Crippen LogP contribution in [0.15, 0.2) is 11.4 Å². The largest absolute Gasteiger partial charge is 0.365 e. The summed E-state index contributed by atoms with van der Waals surface area (Å²) in [7, 11) is 2.06. The van der Waals surface area contributed by atoms with E-state index in [4.69, 9.17) is 5.26 Å². The van der Waals surface area contributed by atoms with Gasteiger partial charge >= 0.3 is 0 Å². The van der Waals surface area contributed by atoms with E-state index in [9.17, 15) is 0 Å². The summed E-state index contributed by atoms with van der Waals surface area (Å²) >= 11 is 1.74. The standard InChI is InChI=1S/C12H18N2S/c1-9(2)11(7-13)8-14(4)12-10(3)5-6-15-12/h5-6,9,11H,8H2,1-4H3. The first-order valence-electron chi connectivity index (χ1n) is 5.21. The summed E-state index contributed by atoms with van der Waals surface area (Å²) < 4.78 is 0. The first-order valence-corrected chi connectivity index (χ1v) is 6.09. The highest BCUT2D eigenvalue weighted by atomic mass is 32.1. The van der Waals surface area contributed by atoms with Crippen molar-refractivity contribution >= 4 is 16.3 Å². The van der Waals surface area contributed by atoms with Crippen molar-refractivity contribution in [1.29, 1.82) is 5.26 Å². The minimum Gasteiger partial charge on any atom is -0.365 e. The number of thiophene rings is 1. The highest BCUT2D eigenvalue weighted by Gasteiger charge is 2.16. The fourth-order valence-corrected chi connectivity index (χ4v) is 2.44. The van der Waals surface area contributed by atoms with Gasteiger partial charge in [-0.05, 0) is 29.9 Å². The lowest BCUT2D eigenvalue weighted by Crippen LogP contribution is -2.27. The molecule has 0 amide bonds. The molecule has 1 unspecified atom stereocenters. The summed E-state index contributed by atoms with van der Waals surface area (Å²) in [4.78, 5) is 2.19. The number of hydrogen-bond acceptors (Lipinski definition) is 3. The molecular formula is C12H18N2S. The van der Waals surface area contributed by atoms with Gasteiger partial charge in [0.05, 0.1) is 17.0 Å². The summed E-state index contributed by atoms with van der Waals surface area (Å²) in [6.07, 6.45) is 0. The minimum atomic E-state index is 0.108. The zero-order valence-corrected chi connectivity index (χ0v) is 10.6. The molecule has 0 fully saturated rings. The number of rotatable bonds is 4. The number of anilines is 1. The van der Waals surface area contributed by atoms with Crippen LogP contribution in [-0.2, 0) is 0 Å². The molecule has 15 heavy (non-hydrogen) atoms. The molecule has 1 heterocycles. The first kappa shape index (κ1) is 12.1. The Morgan fingerprint density at radius 1 is 1.53 bits per heavy atom. The van der Waals surface area contributed by atoms with Gasteiger partial charge in [-0.1, -0.05) is 13.8 Å². The molecular weight excluding hydrogens is 204 g/mol. The molecule has 0 saturated carbocycles. The van der Waals surface area contributed by atoms with E-state index in [0.717, 1.165) is 6.54 Å². The molecule has 0 saturated heterocycles. The van der Waals surface area contributed by atoms with Crippen molar-refractivity contribution in [1.82, 2.24) is 0 Å². The molecule has 0 aliphatic rings. The van der Waals surface area contributed by atoms with Gasteiger partial charge in [0, 0.05) is 13.6 Å². The Hall–Kier alpha value is -1.01. The lowest BCUT2D eigenvalue weighted by molar-refractivity contribution is 0.478. The second kappa shape index (κ2) is 5.18. The average molecular weight is 222 g/mol. The third-order valence-corrected chi connectivity index (χ3v) is 3.75. The van der Waals surface area contributed by atoms with Gasteiger partial charge in [0.25, 0.3) is 0 Å². The molecule has 0 spiro atoms. The fourth-order valence-electron chi connectivity index (χ4n) is 1.53. The predicted octanol–water partition coefficient (Wildman–Crippen LogP) is 3.29. The van der Waals surface area contributed by atoms with E-state index in [1.807, 2.05) is 0 Å².